The van der Waals surface area contributed by atoms with E-state index in [0.717, 1.165) is 0 Å². The van der Waals surface area contributed by atoms with E-state index in [9.17, 15) is 13.2 Å². The lowest BCUT2D eigenvalue weighted by atomic mass is 10.2. The van der Waals surface area contributed by atoms with Gasteiger partial charge in [0.15, 0.2) is 0 Å². The lowest BCUT2D eigenvalue weighted by Gasteiger charge is -2.31. The molecule has 0 bridgehead atoms. The van der Waals surface area contributed by atoms with Crippen LogP contribution in [0, 0.1) is 0 Å². The van der Waals surface area contributed by atoms with Crippen LogP contribution in [0.5, 0.6) is 0 Å². The van der Waals surface area contributed by atoms with Crippen LogP contribution in [0.1, 0.15) is 12.8 Å². The Labute approximate surface area is 113 Å². The van der Waals surface area contributed by atoms with Gasteiger partial charge in [-0.25, -0.2) is 8.42 Å². The molecule has 112 valence electrons. The monoisotopic (exact) mass is 295 g/mol. The molecule has 0 amide bonds. The average molecular weight is 295 g/mol. The van der Waals surface area contributed by atoms with Gasteiger partial charge in [-0.2, -0.15) is 4.31 Å². The zero-order valence-corrected chi connectivity index (χ0v) is 12.1. The van der Waals surface area contributed by atoms with Gasteiger partial charge >= 0.3 is 5.97 Å². The van der Waals surface area contributed by atoms with Crippen molar-refractivity contribution in [2.45, 2.75) is 18.9 Å². The van der Waals surface area contributed by atoms with E-state index in [1.54, 1.807) is 0 Å². The van der Waals surface area contributed by atoms with E-state index in [1.165, 1.54) is 18.5 Å². The molecule has 0 aromatic carbocycles. The van der Waals surface area contributed by atoms with Crippen molar-refractivity contribution in [1.82, 2.24) is 4.31 Å². The van der Waals surface area contributed by atoms with E-state index in [-0.39, 0.29) is 18.7 Å². The first kappa shape index (κ1) is 16.4. The summed E-state index contributed by atoms with van der Waals surface area (Å²) in [5.74, 6) is -0.352. The fourth-order valence-corrected chi connectivity index (χ4v) is 3.34. The number of hydrogen-bond acceptors (Lipinski definition) is 6. The summed E-state index contributed by atoms with van der Waals surface area (Å²) in [6.07, 6.45) is 0.0942. The third-order valence-corrected chi connectivity index (χ3v) is 4.79. The Balaban J connectivity index is 2.51. The maximum Gasteiger partial charge on any atom is 0.308 e. The Morgan fingerprint density at radius 2 is 2.16 bits per heavy atom. The Morgan fingerprint density at radius 1 is 1.42 bits per heavy atom. The van der Waals surface area contributed by atoms with Crippen LogP contribution in [-0.4, -0.2) is 71.1 Å². The van der Waals surface area contributed by atoms with Crippen LogP contribution in [0.3, 0.4) is 0 Å². The number of nitrogens with zero attached hydrogens (tertiary/aromatic N) is 1. The van der Waals surface area contributed by atoms with Crippen LogP contribution in [0.25, 0.3) is 0 Å². The molecule has 1 rings (SSSR count). The summed E-state index contributed by atoms with van der Waals surface area (Å²) in [6.45, 7) is 1.23. The standard InChI is InChI=1S/C11H21NO6S/c1-16-5-3-7-19(14,15)12-4-6-18-10(9-12)8-11(13)17-2/h10H,3-9H2,1-2H3. The van der Waals surface area contributed by atoms with Crippen LogP contribution in [0.4, 0.5) is 0 Å². The van der Waals surface area contributed by atoms with Gasteiger partial charge in [-0.3, -0.25) is 4.79 Å². The predicted molar refractivity (Wildman–Crippen MR) is 68.2 cm³/mol. The number of carbonyl (C=O) groups excluding carboxylic acids is 1. The third kappa shape index (κ3) is 5.43. The van der Waals surface area contributed by atoms with Crippen molar-refractivity contribution >= 4 is 16.0 Å². The molecule has 8 heteroatoms. The molecule has 7 nitrogen and oxygen atoms in total. The van der Waals surface area contributed by atoms with Gasteiger partial charge in [-0.05, 0) is 6.42 Å². The quantitative estimate of drug-likeness (QED) is 0.470. The first-order valence-electron chi connectivity index (χ1n) is 6.14. The number of methoxy groups -OCH3 is 2. The predicted octanol–water partition coefficient (Wildman–Crippen LogP) is -0.383. The molecule has 1 atom stereocenters. The molecule has 0 aromatic rings. The zero-order valence-electron chi connectivity index (χ0n) is 11.3. The van der Waals surface area contributed by atoms with Crippen LogP contribution in [-0.2, 0) is 29.0 Å². The van der Waals surface area contributed by atoms with E-state index in [0.29, 0.717) is 26.2 Å². The van der Waals surface area contributed by atoms with Crippen LogP contribution >= 0.6 is 0 Å². The molecule has 0 N–H and O–H groups in total. The average Bonchev–Trinajstić information content (AvgIpc) is 2.39. The van der Waals surface area contributed by atoms with Gasteiger partial charge in [0.2, 0.25) is 10.0 Å². The summed E-state index contributed by atoms with van der Waals surface area (Å²) in [5.41, 5.74) is 0. The summed E-state index contributed by atoms with van der Waals surface area (Å²) in [6, 6.07) is 0. The van der Waals surface area contributed by atoms with E-state index in [4.69, 9.17) is 9.47 Å². The zero-order chi connectivity index (χ0) is 14.3. The smallest absolute Gasteiger partial charge is 0.308 e. The van der Waals surface area contributed by atoms with Crippen molar-refractivity contribution in [2.24, 2.45) is 0 Å². The van der Waals surface area contributed by atoms with Crippen molar-refractivity contribution in [3.8, 4) is 0 Å². The molecule has 0 spiro atoms. The minimum atomic E-state index is -3.31. The lowest BCUT2D eigenvalue weighted by molar-refractivity contribution is -0.145. The molecule has 0 saturated carbocycles. The Kier molecular flexibility index (Phi) is 6.70. The molecule has 0 aromatic heterocycles. The summed E-state index contributed by atoms with van der Waals surface area (Å²) in [7, 11) is -0.478. The number of ether oxygens (including phenoxy) is 3. The van der Waals surface area contributed by atoms with Gasteiger partial charge in [0.25, 0.3) is 0 Å². The van der Waals surface area contributed by atoms with Crippen LogP contribution in [0.2, 0.25) is 0 Å². The van der Waals surface area contributed by atoms with Gasteiger partial charge < -0.3 is 14.2 Å². The number of esters is 1. The molecule has 0 aliphatic carbocycles. The highest BCUT2D eigenvalue weighted by atomic mass is 32.2. The largest absolute Gasteiger partial charge is 0.469 e. The Bertz CT molecular complexity index is 383. The summed E-state index contributed by atoms with van der Waals surface area (Å²) in [4.78, 5) is 11.2. The van der Waals surface area contributed by atoms with Crippen molar-refractivity contribution in [2.75, 3.05) is 46.3 Å². The topological polar surface area (TPSA) is 82.1 Å². The van der Waals surface area contributed by atoms with E-state index < -0.39 is 22.1 Å². The van der Waals surface area contributed by atoms with Gasteiger partial charge in [-0.1, -0.05) is 0 Å². The second kappa shape index (κ2) is 7.78. The maximum atomic E-state index is 12.1. The first-order valence-corrected chi connectivity index (χ1v) is 7.75. The molecule has 1 fully saturated rings. The number of rotatable bonds is 7. The van der Waals surface area contributed by atoms with Crippen molar-refractivity contribution in [1.29, 1.82) is 0 Å². The van der Waals surface area contributed by atoms with Crippen molar-refractivity contribution in [3.05, 3.63) is 0 Å². The molecular weight excluding hydrogens is 274 g/mol. The fourth-order valence-electron chi connectivity index (χ4n) is 1.85. The number of carbonyl (C=O) groups is 1. The third-order valence-electron chi connectivity index (χ3n) is 2.87. The van der Waals surface area contributed by atoms with Gasteiger partial charge in [0, 0.05) is 26.8 Å². The van der Waals surface area contributed by atoms with Gasteiger partial charge in [0.05, 0.1) is 32.0 Å². The second-order valence-corrected chi connectivity index (χ2v) is 6.38. The van der Waals surface area contributed by atoms with Crippen molar-refractivity contribution < 1.29 is 27.4 Å². The minimum absolute atomic E-state index is 0.0474. The van der Waals surface area contributed by atoms with Gasteiger partial charge in [0.1, 0.15) is 0 Å². The van der Waals surface area contributed by atoms with Crippen molar-refractivity contribution in [3.63, 3.8) is 0 Å². The first-order chi connectivity index (χ1) is 8.99. The molecule has 1 heterocycles. The highest BCUT2D eigenvalue weighted by Crippen LogP contribution is 2.14. The highest BCUT2D eigenvalue weighted by Gasteiger charge is 2.30. The van der Waals surface area contributed by atoms with Crippen LogP contribution in [0.15, 0.2) is 0 Å². The molecule has 19 heavy (non-hydrogen) atoms. The molecule has 1 saturated heterocycles. The number of hydrogen-bond donors (Lipinski definition) is 0. The fraction of sp³-hybridized carbons (Fsp3) is 0.909. The summed E-state index contributed by atoms with van der Waals surface area (Å²) in [5, 5.41) is 0. The molecule has 1 aliphatic rings. The molecule has 1 unspecified atom stereocenters. The molecular formula is C11H21NO6S. The Hall–Kier alpha value is -0.700. The second-order valence-electron chi connectivity index (χ2n) is 4.29. The normalized spacial score (nSPS) is 21.3. The lowest BCUT2D eigenvalue weighted by Crippen LogP contribution is -2.47. The summed E-state index contributed by atoms with van der Waals surface area (Å²) < 4.78 is 40.3. The molecule has 0 radical (unpaired) electrons. The van der Waals surface area contributed by atoms with E-state index in [1.807, 2.05) is 0 Å². The Morgan fingerprint density at radius 3 is 2.79 bits per heavy atom. The minimum Gasteiger partial charge on any atom is -0.469 e. The maximum absolute atomic E-state index is 12.1. The SMILES string of the molecule is COCCCS(=O)(=O)N1CCOC(CC(=O)OC)C1. The number of sulfonamides is 1. The van der Waals surface area contributed by atoms with Crippen LogP contribution < -0.4 is 0 Å². The van der Waals surface area contributed by atoms with E-state index >= 15 is 0 Å². The van der Waals surface area contributed by atoms with E-state index in [2.05, 4.69) is 4.74 Å². The van der Waals surface area contributed by atoms with Gasteiger partial charge in [-0.15, -0.1) is 0 Å². The highest BCUT2D eigenvalue weighted by molar-refractivity contribution is 7.89. The number of morpholine rings is 1. The summed E-state index contributed by atoms with van der Waals surface area (Å²) >= 11 is 0. The molecule has 1 aliphatic heterocycles.